The Morgan fingerprint density at radius 1 is 1.17 bits per heavy atom. The van der Waals surface area contributed by atoms with Gasteiger partial charge in [-0.1, -0.05) is 47.6 Å². The Hall–Kier alpha value is -4.08. The lowest BCUT2D eigenvalue weighted by atomic mass is 10.1. The number of hydrogen-bond donors (Lipinski definition) is 1. The van der Waals surface area contributed by atoms with Crippen molar-refractivity contribution in [2.45, 2.75) is 19.8 Å². The highest BCUT2D eigenvalue weighted by Gasteiger charge is 2.18. The van der Waals surface area contributed by atoms with E-state index in [1.807, 2.05) is 30.3 Å². The highest BCUT2D eigenvalue weighted by Crippen LogP contribution is 2.27. The molecular weight excluding hydrogens is 392 g/mol. The Bertz CT molecular complexity index is 1060. The van der Waals surface area contributed by atoms with E-state index < -0.39 is 23.4 Å². The fourth-order valence-electron chi connectivity index (χ4n) is 2.63. The molecule has 2 aromatic carbocycles. The summed E-state index contributed by atoms with van der Waals surface area (Å²) in [5.41, 5.74) is 1.15. The van der Waals surface area contributed by atoms with Crippen molar-refractivity contribution in [3.05, 3.63) is 70.1 Å². The number of nitro groups is 1. The summed E-state index contributed by atoms with van der Waals surface area (Å²) in [6.07, 6.45) is 0.0950. The van der Waals surface area contributed by atoms with Gasteiger partial charge in [0.15, 0.2) is 6.61 Å². The summed E-state index contributed by atoms with van der Waals surface area (Å²) in [5, 5.41) is 17.4. The smallest absolute Gasteiger partial charge is 0.306 e. The monoisotopic (exact) mass is 410 g/mol. The number of benzene rings is 2. The zero-order chi connectivity index (χ0) is 21.5. The van der Waals surface area contributed by atoms with E-state index in [1.54, 1.807) is 13.0 Å². The molecule has 0 aliphatic rings. The highest BCUT2D eigenvalue weighted by molar-refractivity contribution is 5.95. The molecule has 3 rings (SSSR count). The first-order valence-corrected chi connectivity index (χ1v) is 9.01. The molecule has 0 atom stereocenters. The van der Waals surface area contributed by atoms with E-state index in [1.165, 1.54) is 12.1 Å². The minimum Gasteiger partial charge on any atom is -0.456 e. The third-order valence-electron chi connectivity index (χ3n) is 4.12. The maximum atomic E-state index is 12.0. The van der Waals surface area contributed by atoms with Gasteiger partial charge >= 0.3 is 5.97 Å². The van der Waals surface area contributed by atoms with E-state index in [2.05, 4.69) is 15.5 Å². The number of ether oxygens (including phenoxy) is 1. The largest absolute Gasteiger partial charge is 0.456 e. The number of carbonyl (C=O) groups is 2. The first kappa shape index (κ1) is 20.6. The number of anilines is 1. The number of hydrogen-bond acceptors (Lipinski definition) is 8. The molecule has 1 amide bonds. The zero-order valence-corrected chi connectivity index (χ0v) is 16.0. The second kappa shape index (κ2) is 9.41. The molecule has 1 heterocycles. The molecule has 0 aliphatic heterocycles. The number of aryl methyl sites for hydroxylation is 2. The second-order valence-electron chi connectivity index (χ2n) is 6.31. The average Bonchev–Trinajstić information content (AvgIpc) is 3.22. The molecule has 0 aliphatic carbocycles. The van der Waals surface area contributed by atoms with Gasteiger partial charge in [0.1, 0.15) is 5.69 Å². The van der Waals surface area contributed by atoms with Gasteiger partial charge in [-0.15, -0.1) is 0 Å². The quantitative estimate of drug-likeness (QED) is 0.340. The molecule has 30 heavy (non-hydrogen) atoms. The minimum absolute atomic E-state index is 0.0613. The van der Waals surface area contributed by atoms with Crippen molar-refractivity contribution < 1.29 is 23.8 Å². The van der Waals surface area contributed by atoms with Crippen LogP contribution in [0.25, 0.3) is 11.4 Å². The molecule has 0 fully saturated rings. The molecular formula is C20H18N4O6. The number of aromatic nitrogens is 2. The molecule has 0 unspecified atom stereocenters. The summed E-state index contributed by atoms with van der Waals surface area (Å²) in [7, 11) is 0. The van der Waals surface area contributed by atoms with Gasteiger partial charge in [-0.25, -0.2) is 0 Å². The Labute approximate surface area is 171 Å². The fourth-order valence-corrected chi connectivity index (χ4v) is 2.63. The zero-order valence-electron chi connectivity index (χ0n) is 16.0. The topological polar surface area (TPSA) is 137 Å². The van der Waals surface area contributed by atoms with E-state index in [4.69, 9.17) is 9.26 Å². The molecule has 0 saturated heterocycles. The second-order valence-corrected chi connectivity index (χ2v) is 6.31. The van der Waals surface area contributed by atoms with Crippen LogP contribution in [-0.4, -0.2) is 33.5 Å². The van der Waals surface area contributed by atoms with Crippen LogP contribution in [0, 0.1) is 17.0 Å². The average molecular weight is 410 g/mol. The standard InChI is InChI=1S/C20H18N4O6/c1-13-6-5-9-15(24(27)28)19(13)21-16(25)12-29-18(26)11-10-17-22-20(23-30-17)14-7-3-2-4-8-14/h2-9H,10-12H2,1H3,(H,21,25). The van der Waals surface area contributed by atoms with Gasteiger partial charge in [-0.05, 0) is 12.5 Å². The predicted molar refractivity (Wildman–Crippen MR) is 105 cm³/mol. The van der Waals surface area contributed by atoms with Gasteiger partial charge in [0, 0.05) is 18.1 Å². The van der Waals surface area contributed by atoms with E-state index in [9.17, 15) is 19.7 Å². The van der Waals surface area contributed by atoms with Crippen molar-refractivity contribution in [2.75, 3.05) is 11.9 Å². The van der Waals surface area contributed by atoms with Crippen molar-refractivity contribution in [1.29, 1.82) is 0 Å². The van der Waals surface area contributed by atoms with Crippen LogP contribution in [0.2, 0.25) is 0 Å². The first-order valence-electron chi connectivity index (χ1n) is 9.01. The number of nitrogens with zero attached hydrogens (tertiary/aromatic N) is 3. The predicted octanol–water partition coefficient (Wildman–Crippen LogP) is 3.07. The van der Waals surface area contributed by atoms with Crippen LogP contribution in [0.5, 0.6) is 0 Å². The lowest BCUT2D eigenvalue weighted by Gasteiger charge is -2.09. The van der Waals surface area contributed by atoms with Gasteiger partial charge in [0.25, 0.3) is 11.6 Å². The molecule has 0 bridgehead atoms. The van der Waals surface area contributed by atoms with Gasteiger partial charge in [0.2, 0.25) is 11.7 Å². The van der Waals surface area contributed by atoms with E-state index in [0.717, 1.165) is 5.56 Å². The third kappa shape index (κ3) is 5.25. The Kier molecular flexibility index (Phi) is 6.48. The molecule has 1 aromatic heterocycles. The number of amides is 1. The molecule has 3 aromatic rings. The molecule has 10 nitrogen and oxygen atoms in total. The van der Waals surface area contributed by atoms with Crippen LogP contribution in [0.4, 0.5) is 11.4 Å². The van der Waals surface area contributed by atoms with Crippen LogP contribution >= 0.6 is 0 Å². The molecule has 154 valence electrons. The Morgan fingerprint density at radius 3 is 2.67 bits per heavy atom. The summed E-state index contributed by atoms with van der Waals surface area (Å²) in [5.74, 6) is -0.627. The highest BCUT2D eigenvalue weighted by atomic mass is 16.6. The number of rotatable bonds is 8. The van der Waals surface area contributed by atoms with Crippen LogP contribution in [0.3, 0.4) is 0 Å². The van der Waals surface area contributed by atoms with E-state index >= 15 is 0 Å². The summed E-state index contributed by atoms with van der Waals surface area (Å²) in [4.78, 5) is 38.6. The van der Waals surface area contributed by atoms with Gasteiger partial charge in [-0.3, -0.25) is 19.7 Å². The molecule has 10 heteroatoms. The van der Waals surface area contributed by atoms with Crippen molar-refractivity contribution in [2.24, 2.45) is 0 Å². The van der Waals surface area contributed by atoms with Crippen molar-refractivity contribution in [1.82, 2.24) is 10.1 Å². The summed E-state index contributed by atoms with van der Waals surface area (Å²) in [6.45, 7) is 1.06. The fraction of sp³-hybridized carbons (Fsp3) is 0.200. The number of nitrogens with one attached hydrogen (secondary N) is 1. The number of nitro benzene ring substituents is 1. The van der Waals surface area contributed by atoms with Gasteiger partial charge in [-0.2, -0.15) is 4.98 Å². The summed E-state index contributed by atoms with van der Waals surface area (Å²) >= 11 is 0. The number of para-hydroxylation sites is 1. The lowest BCUT2D eigenvalue weighted by Crippen LogP contribution is -2.22. The van der Waals surface area contributed by atoms with Crippen molar-refractivity contribution in [3.63, 3.8) is 0 Å². The summed E-state index contributed by atoms with van der Waals surface area (Å²) in [6, 6.07) is 13.7. The van der Waals surface area contributed by atoms with Crippen molar-refractivity contribution in [3.8, 4) is 11.4 Å². The minimum atomic E-state index is -0.676. The molecule has 0 saturated carbocycles. The van der Waals surface area contributed by atoms with Crippen LogP contribution < -0.4 is 5.32 Å². The van der Waals surface area contributed by atoms with Gasteiger partial charge in [0.05, 0.1) is 11.3 Å². The third-order valence-corrected chi connectivity index (χ3v) is 4.12. The van der Waals surface area contributed by atoms with Crippen LogP contribution in [0.1, 0.15) is 17.9 Å². The maximum Gasteiger partial charge on any atom is 0.306 e. The SMILES string of the molecule is Cc1cccc([N+](=O)[O-])c1NC(=O)COC(=O)CCc1nc(-c2ccccc2)no1. The van der Waals surface area contributed by atoms with E-state index in [0.29, 0.717) is 11.4 Å². The molecule has 1 N–H and O–H groups in total. The van der Waals surface area contributed by atoms with Crippen molar-refractivity contribution >= 4 is 23.3 Å². The number of esters is 1. The number of carbonyl (C=O) groups excluding carboxylic acids is 2. The van der Waals surface area contributed by atoms with Gasteiger partial charge < -0.3 is 14.6 Å². The first-order chi connectivity index (χ1) is 14.4. The van der Waals surface area contributed by atoms with Crippen LogP contribution in [-0.2, 0) is 20.7 Å². The van der Waals surface area contributed by atoms with E-state index in [-0.39, 0.29) is 30.1 Å². The maximum absolute atomic E-state index is 12.0. The Morgan fingerprint density at radius 2 is 1.93 bits per heavy atom. The molecule has 0 spiro atoms. The Balaban J connectivity index is 1.48. The summed E-state index contributed by atoms with van der Waals surface area (Å²) < 4.78 is 10.0. The van der Waals surface area contributed by atoms with Crippen LogP contribution in [0.15, 0.2) is 53.1 Å². The lowest BCUT2D eigenvalue weighted by molar-refractivity contribution is -0.384. The molecule has 0 radical (unpaired) electrons. The normalized spacial score (nSPS) is 10.4.